The molecule has 0 atom stereocenters. The lowest BCUT2D eigenvalue weighted by Gasteiger charge is -2.09. The molecule has 0 aliphatic carbocycles. The van der Waals surface area contributed by atoms with Crippen molar-refractivity contribution in [3.8, 4) is 5.75 Å². The van der Waals surface area contributed by atoms with Crippen LogP contribution in [-0.4, -0.2) is 28.9 Å². The Morgan fingerprint density at radius 3 is 2.94 bits per heavy atom. The number of rotatable bonds is 4. The number of carbonyl (C=O) groups is 1. The number of hydrogen-bond acceptors (Lipinski definition) is 4. The summed E-state index contributed by atoms with van der Waals surface area (Å²) < 4.78 is 5.23. The van der Waals surface area contributed by atoms with E-state index in [0.717, 1.165) is 27.1 Å². The normalized spacial score (nSPS) is 10.6. The molecule has 0 saturated heterocycles. The number of hydrogen-bond donors (Lipinski definition) is 1. The Hall–Kier alpha value is -1.75. The van der Waals surface area contributed by atoms with Crippen LogP contribution in [-0.2, 0) is 4.79 Å². The highest BCUT2D eigenvalue weighted by atomic mass is 32.2. The molecule has 0 radical (unpaired) electrons. The number of carboxylic acids is 1. The van der Waals surface area contributed by atoms with Crippen LogP contribution in [0.4, 0.5) is 0 Å². The van der Waals surface area contributed by atoms with Gasteiger partial charge in [0.2, 0.25) is 0 Å². The number of aryl methyl sites for hydroxylation is 1. The molecule has 0 bridgehead atoms. The van der Waals surface area contributed by atoms with Crippen LogP contribution in [0.2, 0.25) is 0 Å². The standard InChI is InChI=1S/C13H13NO3S/c1-8-5-9(17-2)6-10-11(18-7-12(15)16)3-4-14-13(8)10/h3-6H,7H2,1-2H3,(H,15,16). The molecular weight excluding hydrogens is 250 g/mol. The SMILES string of the molecule is COc1cc(C)c2nccc(SCC(=O)O)c2c1. The second kappa shape index (κ2) is 5.27. The third-order valence-corrected chi connectivity index (χ3v) is 3.61. The van der Waals surface area contributed by atoms with Gasteiger partial charge in [0, 0.05) is 16.5 Å². The third-order valence-electron chi connectivity index (χ3n) is 2.56. The monoisotopic (exact) mass is 263 g/mol. The van der Waals surface area contributed by atoms with E-state index in [2.05, 4.69) is 4.98 Å². The largest absolute Gasteiger partial charge is 0.497 e. The van der Waals surface area contributed by atoms with E-state index < -0.39 is 5.97 Å². The van der Waals surface area contributed by atoms with Gasteiger partial charge in [-0.1, -0.05) is 0 Å². The molecule has 18 heavy (non-hydrogen) atoms. The number of thioether (sulfide) groups is 1. The molecule has 2 rings (SSSR count). The number of benzene rings is 1. The molecule has 0 fully saturated rings. The van der Waals surface area contributed by atoms with Crippen LogP contribution in [0.3, 0.4) is 0 Å². The molecule has 0 spiro atoms. The van der Waals surface area contributed by atoms with E-state index in [0.29, 0.717) is 0 Å². The van der Waals surface area contributed by atoms with Gasteiger partial charge in [0.15, 0.2) is 0 Å². The minimum atomic E-state index is -0.829. The fourth-order valence-corrected chi connectivity index (χ4v) is 2.51. The van der Waals surface area contributed by atoms with E-state index in [1.807, 2.05) is 25.1 Å². The van der Waals surface area contributed by atoms with Gasteiger partial charge in [-0.25, -0.2) is 0 Å². The maximum atomic E-state index is 10.6. The molecule has 2 aromatic rings. The lowest BCUT2D eigenvalue weighted by atomic mass is 10.1. The maximum Gasteiger partial charge on any atom is 0.313 e. The Labute approximate surface area is 109 Å². The minimum absolute atomic E-state index is 0.0371. The summed E-state index contributed by atoms with van der Waals surface area (Å²) >= 11 is 1.29. The van der Waals surface area contributed by atoms with Gasteiger partial charge < -0.3 is 9.84 Å². The number of fused-ring (bicyclic) bond motifs is 1. The molecule has 1 aromatic carbocycles. The van der Waals surface area contributed by atoms with Gasteiger partial charge in [-0.2, -0.15) is 0 Å². The fraction of sp³-hybridized carbons (Fsp3) is 0.231. The smallest absolute Gasteiger partial charge is 0.313 e. The summed E-state index contributed by atoms with van der Waals surface area (Å²) in [6.07, 6.45) is 1.70. The first-order chi connectivity index (χ1) is 8.61. The summed E-state index contributed by atoms with van der Waals surface area (Å²) in [6.45, 7) is 1.96. The molecule has 4 nitrogen and oxygen atoms in total. The second-order valence-electron chi connectivity index (χ2n) is 3.83. The van der Waals surface area contributed by atoms with Gasteiger partial charge in [0.25, 0.3) is 0 Å². The van der Waals surface area contributed by atoms with E-state index in [-0.39, 0.29) is 5.75 Å². The van der Waals surface area contributed by atoms with Gasteiger partial charge >= 0.3 is 5.97 Å². The molecule has 0 aliphatic heterocycles. The van der Waals surface area contributed by atoms with Crippen molar-refractivity contribution in [2.75, 3.05) is 12.9 Å². The fourth-order valence-electron chi connectivity index (χ4n) is 1.76. The molecular formula is C13H13NO3S. The average molecular weight is 263 g/mol. The molecule has 0 amide bonds. The predicted octanol–water partition coefficient (Wildman–Crippen LogP) is 2.73. The van der Waals surface area contributed by atoms with Crippen LogP contribution in [0.25, 0.3) is 10.9 Å². The van der Waals surface area contributed by atoms with Crippen LogP contribution in [0.5, 0.6) is 5.75 Å². The lowest BCUT2D eigenvalue weighted by Crippen LogP contribution is -1.98. The summed E-state index contributed by atoms with van der Waals surface area (Å²) in [5.41, 5.74) is 1.90. The Morgan fingerprint density at radius 2 is 2.28 bits per heavy atom. The van der Waals surface area contributed by atoms with Crippen LogP contribution in [0.1, 0.15) is 5.56 Å². The number of aromatic nitrogens is 1. The van der Waals surface area contributed by atoms with Crippen molar-refractivity contribution in [2.24, 2.45) is 0 Å². The van der Waals surface area contributed by atoms with E-state index >= 15 is 0 Å². The molecule has 0 aliphatic rings. The number of pyridine rings is 1. The predicted molar refractivity (Wildman–Crippen MR) is 71.4 cm³/mol. The van der Waals surface area contributed by atoms with Crippen molar-refractivity contribution in [1.82, 2.24) is 4.98 Å². The van der Waals surface area contributed by atoms with Crippen molar-refractivity contribution < 1.29 is 14.6 Å². The van der Waals surface area contributed by atoms with Crippen LogP contribution in [0.15, 0.2) is 29.3 Å². The van der Waals surface area contributed by atoms with Crippen molar-refractivity contribution in [3.63, 3.8) is 0 Å². The Balaban J connectivity index is 2.52. The second-order valence-corrected chi connectivity index (χ2v) is 4.85. The zero-order valence-corrected chi connectivity index (χ0v) is 11.0. The number of aliphatic carboxylic acids is 1. The molecule has 94 valence electrons. The zero-order valence-electron chi connectivity index (χ0n) is 10.1. The number of carboxylic acid groups (broad SMARTS) is 1. The quantitative estimate of drug-likeness (QED) is 0.859. The van der Waals surface area contributed by atoms with Gasteiger partial charge in [-0.15, -0.1) is 11.8 Å². The van der Waals surface area contributed by atoms with Crippen molar-refractivity contribution in [3.05, 3.63) is 30.0 Å². The van der Waals surface area contributed by atoms with Crippen molar-refractivity contribution >= 4 is 28.6 Å². The highest BCUT2D eigenvalue weighted by Crippen LogP contribution is 2.31. The molecule has 1 heterocycles. The summed E-state index contributed by atoms with van der Waals surface area (Å²) in [5, 5.41) is 9.67. The lowest BCUT2D eigenvalue weighted by molar-refractivity contribution is -0.133. The summed E-state index contributed by atoms with van der Waals surface area (Å²) in [6, 6.07) is 5.63. The third kappa shape index (κ3) is 2.56. The summed E-state index contributed by atoms with van der Waals surface area (Å²) in [5.74, 6) is -0.0372. The molecule has 5 heteroatoms. The van der Waals surface area contributed by atoms with E-state index in [4.69, 9.17) is 9.84 Å². The van der Waals surface area contributed by atoms with E-state index in [9.17, 15) is 4.79 Å². The first-order valence-electron chi connectivity index (χ1n) is 5.39. The van der Waals surface area contributed by atoms with E-state index in [1.54, 1.807) is 13.3 Å². The van der Waals surface area contributed by atoms with Gasteiger partial charge in [-0.3, -0.25) is 9.78 Å². The van der Waals surface area contributed by atoms with Gasteiger partial charge in [0.05, 0.1) is 18.4 Å². The van der Waals surface area contributed by atoms with Crippen LogP contribution < -0.4 is 4.74 Å². The Morgan fingerprint density at radius 1 is 1.50 bits per heavy atom. The van der Waals surface area contributed by atoms with Gasteiger partial charge in [0.1, 0.15) is 5.75 Å². The van der Waals surface area contributed by atoms with Crippen molar-refractivity contribution in [1.29, 1.82) is 0 Å². The average Bonchev–Trinajstić information content (AvgIpc) is 2.36. The number of ether oxygens (including phenoxy) is 1. The number of nitrogens with zero attached hydrogens (tertiary/aromatic N) is 1. The van der Waals surface area contributed by atoms with Crippen LogP contribution in [0, 0.1) is 6.92 Å². The zero-order chi connectivity index (χ0) is 13.1. The first kappa shape index (κ1) is 12.7. The van der Waals surface area contributed by atoms with Crippen molar-refractivity contribution in [2.45, 2.75) is 11.8 Å². The number of methoxy groups -OCH3 is 1. The minimum Gasteiger partial charge on any atom is -0.497 e. The first-order valence-corrected chi connectivity index (χ1v) is 6.38. The highest BCUT2D eigenvalue weighted by molar-refractivity contribution is 8.00. The highest BCUT2D eigenvalue weighted by Gasteiger charge is 2.08. The van der Waals surface area contributed by atoms with E-state index in [1.165, 1.54) is 11.8 Å². The summed E-state index contributed by atoms with van der Waals surface area (Å²) in [7, 11) is 1.61. The van der Waals surface area contributed by atoms with Gasteiger partial charge in [-0.05, 0) is 30.7 Å². The van der Waals surface area contributed by atoms with Crippen LogP contribution >= 0.6 is 11.8 Å². The summed E-state index contributed by atoms with van der Waals surface area (Å²) in [4.78, 5) is 15.9. The molecule has 1 N–H and O–H groups in total. The maximum absolute atomic E-state index is 10.6. The molecule has 0 saturated carbocycles. The molecule has 0 unspecified atom stereocenters. The Kier molecular flexibility index (Phi) is 3.72. The Bertz CT molecular complexity index is 598. The molecule has 1 aromatic heterocycles. The topological polar surface area (TPSA) is 59.4 Å².